The zero-order valence-corrected chi connectivity index (χ0v) is 19.5. The summed E-state index contributed by atoms with van der Waals surface area (Å²) in [5.41, 5.74) is -0.222. The normalized spacial score (nSPS) is 25.7. The molecule has 0 unspecified atom stereocenters. The molecule has 2 aliphatic carbocycles. The molecule has 0 amide bonds. The van der Waals surface area contributed by atoms with E-state index in [2.05, 4.69) is 6.92 Å². The highest BCUT2D eigenvalue weighted by Crippen LogP contribution is 2.37. The van der Waals surface area contributed by atoms with Crippen molar-refractivity contribution >= 4 is 23.3 Å². The van der Waals surface area contributed by atoms with Crippen LogP contribution in [0.1, 0.15) is 66.2 Å². The van der Waals surface area contributed by atoms with Crippen LogP contribution in [0.25, 0.3) is 0 Å². The Morgan fingerprint density at radius 2 is 1.97 bits per heavy atom. The Hall–Kier alpha value is -3.06. The van der Waals surface area contributed by atoms with E-state index in [4.69, 9.17) is 9.47 Å². The molecule has 7 heteroatoms. The summed E-state index contributed by atoms with van der Waals surface area (Å²) in [5.74, 6) is -2.08. The maximum Gasteiger partial charge on any atom is 0.334 e. The maximum atomic E-state index is 13.2. The van der Waals surface area contributed by atoms with Crippen LogP contribution in [0.15, 0.2) is 58.1 Å². The Morgan fingerprint density at radius 1 is 1.24 bits per heavy atom. The van der Waals surface area contributed by atoms with Crippen LogP contribution in [-0.2, 0) is 28.7 Å². The number of ketones is 3. The number of aliphatic hydroxyl groups excluding tert-OH is 1. The van der Waals surface area contributed by atoms with Gasteiger partial charge in [-0.25, -0.2) is 4.79 Å². The first-order chi connectivity index (χ1) is 15.6. The van der Waals surface area contributed by atoms with Crippen molar-refractivity contribution in [2.24, 2.45) is 0 Å². The van der Waals surface area contributed by atoms with E-state index in [1.807, 2.05) is 0 Å². The third kappa shape index (κ3) is 4.98. The molecule has 3 aliphatic rings. The van der Waals surface area contributed by atoms with Crippen molar-refractivity contribution in [1.82, 2.24) is 0 Å². The molecule has 0 fully saturated rings. The first kappa shape index (κ1) is 24.6. The molecule has 2 atom stereocenters. The van der Waals surface area contributed by atoms with E-state index in [1.165, 1.54) is 25.3 Å². The Bertz CT molecular complexity index is 1050. The lowest BCUT2D eigenvalue weighted by molar-refractivity contribution is -0.165. The van der Waals surface area contributed by atoms with Crippen molar-refractivity contribution in [3.63, 3.8) is 0 Å². The van der Waals surface area contributed by atoms with Gasteiger partial charge in [0, 0.05) is 12.0 Å². The average Bonchev–Trinajstić information content (AvgIpc) is 2.74. The predicted molar refractivity (Wildman–Crippen MR) is 121 cm³/mol. The zero-order valence-electron chi connectivity index (χ0n) is 19.5. The first-order valence-electron chi connectivity index (χ1n) is 11.3. The number of aliphatic hydroxyl groups is 1. The summed E-state index contributed by atoms with van der Waals surface area (Å²) >= 11 is 0. The monoisotopic (exact) mass is 454 g/mol. The van der Waals surface area contributed by atoms with E-state index in [-0.39, 0.29) is 23.5 Å². The number of hydrogen-bond donors (Lipinski definition) is 1. The van der Waals surface area contributed by atoms with Gasteiger partial charge in [0.25, 0.3) is 0 Å². The van der Waals surface area contributed by atoms with Crippen molar-refractivity contribution in [2.45, 2.75) is 77.9 Å². The van der Waals surface area contributed by atoms with E-state index in [1.54, 1.807) is 19.9 Å². The molecule has 0 spiro atoms. The summed E-state index contributed by atoms with van der Waals surface area (Å²) in [4.78, 5) is 51.0. The van der Waals surface area contributed by atoms with Gasteiger partial charge < -0.3 is 14.6 Å². The van der Waals surface area contributed by atoms with Gasteiger partial charge >= 0.3 is 5.97 Å². The molecule has 1 N–H and O–H groups in total. The van der Waals surface area contributed by atoms with Crippen LogP contribution in [-0.4, -0.2) is 40.1 Å². The number of ether oxygens (including phenoxy) is 2. The molecule has 7 nitrogen and oxygen atoms in total. The minimum absolute atomic E-state index is 0.0137. The van der Waals surface area contributed by atoms with Crippen molar-refractivity contribution < 1.29 is 33.8 Å². The fourth-order valence-electron chi connectivity index (χ4n) is 4.11. The number of rotatable bonds is 7. The molecule has 0 aromatic rings. The summed E-state index contributed by atoms with van der Waals surface area (Å²) < 4.78 is 11.0. The first-order valence-corrected chi connectivity index (χ1v) is 11.3. The van der Waals surface area contributed by atoms with Crippen LogP contribution in [0.5, 0.6) is 0 Å². The molecular formula is C26H30O7. The van der Waals surface area contributed by atoms with Crippen molar-refractivity contribution in [2.75, 3.05) is 0 Å². The summed E-state index contributed by atoms with van der Waals surface area (Å²) in [6.07, 6.45) is 9.03. The number of allylic oxidation sites excluding steroid dienone is 4. The molecule has 0 aromatic carbocycles. The highest BCUT2D eigenvalue weighted by atomic mass is 16.6. The predicted octanol–water partition coefficient (Wildman–Crippen LogP) is 3.73. The highest BCUT2D eigenvalue weighted by Gasteiger charge is 2.49. The Morgan fingerprint density at radius 3 is 2.64 bits per heavy atom. The second-order valence-corrected chi connectivity index (χ2v) is 8.90. The number of unbranched alkanes of at least 4 members (excludes halogenated alkanes) is 3. The van der Waals surface area contributed by atoms with Crippen LogP contribution < -0.4 is 0 Å². The standard InChI is InChI=1S/C26H30O7/c1-5-6-7-8-9-15(2)25(31)33-26(4)22(29)12-17-11-21(32-14-19(17)24(26)30)23-16(3)10-18(27)13-20(23)28/h9,11-12,14,18,27H,5-8,10,13H2,1-4H3/b15-9+/t18-,26-/m0/s1. The molecule has 0 aromatic heterocycles. The summed E-state index contributed by atoms with van der Waals surface area (Å²) in [5, 5.41) is 9.79. The van der Waals surface area contributed by atoms with Gasteiger partial charge in [-0.05, 0) is 57.8 Å². The molecule has 1 heterocycles. The van der Waals surface area contributed by atoms with E-state index in [9.17, 15) is 24.3 Å². The third-order valence-electron chi connectivity index (χ3n) is 6.13. The summed E-state index contributed by atoms with van der Waals surface area (Å²) in [6.45, 7) is 6.71. The van der Waals surface area contributed by atoms with E-state index < -0.39 is 29.2 Å². The van der Waals surface area contributed by atoms with Crippen molar-refractivity contribution in [3.05, 3.63) is 58.1 Å². The van der Waals surface area contributed by atoms with Crippen molar-refractivity contribution in [1.29, 1.82) is 0 Å². The van der Waals surface area contributed by atoms with Crippen LogP contribution in [0.4, 0.5) is 0 Å². The van der Waals surface area contributed by atoms with Crippen LogP contribution in [0, 0.1) is 0 Å². The molecule has 176 valence electrons. The molecular weight excluding hydrogens is 424 g/mol. The molecule has 0 bridgehead atoms. The second-order valence-electron chi connectivity index (χ2n) is 8.90. The SMILES string of the molecule is CCCCC/C=C(\C)C(=O)O[C@@]1(C)C(=O)C=C2C=C(C3=C(C)C[C@H](O)CC3=O)OC=C2C1=O. The van der Waals surface area contributed by atoms with Gasteiger partial charge in [0.05, 0.1) is 17.3 Å². The lowest BCUT2D eigenvalue weighted by atomic mass is 9.79. The molecule has 0 radical (unpaired) electrons. The highest BCUT2D eigenvalue weighted by molar-refractivity contribution is 6.26. The molecule has 0 saturated heterocycles. The number of Topliss-reactive ketones (excluding diaryl/α,β-unsaturated/α-hetero) is 2. The molecule has 0 saturated carbocycles. The van der Waals surface area contributed by atoms with Gasteiger partial charge in [-0.1, -0.05) is 31.4 Å². The van der Waals surface area contributed by atoms with Gasteiger partial charge in [0.15, 0.2) is 5.78 Å². The number of fused-ring (bicyclic) bond motifs is 1. The number of carbonyl (C=O) groups excluding carboxylic acids is 4. The smallest absolute Gasteiger partial charge is 0.334 e. The fourth-order valence-corrected chi connectivity index (χ4v) is 4.11. The maximum absolute atomic E-state index is 13.2. The van der Waals surface area contributed by atoms with Gasteiger partial charge in [-0.2, -0.15) is 0 Å². The van der Waals surface area contributed by atoms with E-state index in [0.29, 0.717) is 28.7 Å². The number of carbonyl (C=O) groups is 4. The minimum Gasteiger partial charge on any atom is -0.463 e. The van der Waals surface area contributed by atoms with Gasteiger partial charge in [0.2, 0.25) is 17.2 Å². The van der Waals surface area contributed by atoms with Gasteiger partial charge in [0.1, 0.15) is 12.0 Å². The van der Waals surface area contributed by atoms with Gasteiger partial charge in [-0.15, -0.1) is 0 Å². The largest absolute Gasteiger partial charge is 0.463 e. The topological polar surface area (TPSA) is 107 Å². The van der Waals surface area contributed by atoms with Crippen LogP contribution in [0.3, 0.4) is 0 Å². The lowest BCUT2D eigenvalue weighted by Gasteiger charge is -2.32. The Balaban J connectivity index is 1.83. The molecule has 1 aliphatic heterocycles. The minimum atomic E-state index is -1.99. The Labute approximate surface area is 193 Å². The fraction of sp³-hybridized carbons (Fsp3) is 0.462. The third-order valence-corrected chi connectivity index (χ3v) is 6.13. The number of esters is 1. The second kappa shape index (κ2) is 9.83. The van der Waals surface area contributed by atoms with Gasteiger partial charge in [-0.3, -0.25) is 14.4 Å². The van der Waals surface area contributed by atoms with Crippen LogP contribution in [0.2, 0.25) is 0 Å². The Kier molecular flexibility index (Phi) is 7.32. The molecule has 33 heavy (non-hydrogen) atoms. The lowest BCUT2D eigenvalue weighted by Crippen LogP contribution is -2.50. The van der Waals surface area contributed by atoms with E-state index in [0.717, 1.165) is 25.7 Å². The summed E-state index contributed by atoms with van der Waals surface area (Å²) in [7, 11) is 0. The number of hydrogen-bond acceptors (Lipinski definition) is 7. The zero-order chi connectivity index (χ0) is 24.3. The van der Waals surface area contributed by atoms with Crippen molar-refractivity contribution in [3.8, 4) is 0 Å². The quantitative estimate of drug-likeness (QED) is 0.270. The van der Waals surface area contributed by atoms with Crippen LogP contribution >= 0.6 is 0 Å². The summed E-state index contributed by atoms with van der Waals surface area (Å²) in [6, 6.07) is 0. The average molecular weight is 455 g/mol. The van der Waals surface area contributed by atoms with E-state index >= 15 is 0 Å². The molecule has 3 rings (SSSR count).